The maximum atomic E-state index is 10.3. The molecule has 0 unspecified atom stereocenters. The van der Waals surface area contributed by atoms with Gasteiger partial charge in [0.2, 0.25) is 0 Å². The van der Waals surface area contributed by atoms with E-state index in [4.69, 9.17) is 0 Å². The van der Waals surface area contributed by atoms with Crippen LogP contribution < -0.4 is 0 Å². The fraction of sp³-hybridized carbons (Fsp3) is 0. The number of rotatable bonds is 3. The lowest BCUT2D eigenvalue weighted by molar-refractivity contribution is 1.17. The van der Waals surface area contributed by atoms with Crippen molar-refractivity contribution in [1.29, 1.82) is 10.5 Å². The largest absolute Gasteiger partial charge is 0.309 e. The quantitative estimate of drug-likeness (QED) is 0.227. The van der Waals surface area contributed by atoms with Crippen molar-refractivity contribution in [3.8, 4) is 34.6 Å². The van der Waals surface area contributed by atoms with Gasteiger partial charge in [0.1, 0.15) is 0 Å². The lowest BCUT2D eigenvalue weighted by atomic mass is 9.93. The van der Waals surface area contributed by atoms with Crippen molar-refractivity contribution >= 4 is 43.6 Å². The third kappa shape index (κ3) is 3.33. The topological polar surface area (TPSA) is 57.4 Å². The van der Waals surface area contributed by atoms with Crippen LogP contribution >= 0.6 is 0 Å². The normalized spacial score (nSPS) is 11.3. The lowest BCUT2D eigenvalue weighted by Gasteiger charge is -2.16. The highest BCUT2D eigenvalue weighted by atomic mass is 15.0. The van der Waals surface area contributed by atoms with E-state index in [-0.39, 0.29) is 0 Å². The second kappa shape index (κ2) is 9.24. The number of nitrogens with zero attached hydrogens (tertiary/aromatic N) is 4. The van der Waals surface area contributed by atoms with Gasteiger partial charge >= 0.3 is 0 Å². The van der Waals surface area contributed by atoms with Crippen LogP contribution in [0.25, 0.3) is 66.1 Å². The summed E-state index contributed by atoms with van der Waals surface area (Å²) < 4.78 is 4.55. The standard InChI is InChI=1S/C38H22N4/c39-23-25-11-10-12-26(24-40)37(25)33-22-28(41-34-18-7-4-15-29(34)30-16-5-8-19-35(30)41)21-32-31-17-6-9-20-36(31)42(38(32)33)27-13-2-1-3-14-27/h1-22H. The molecule has 0 radical (unpaired) electrons. The highest BCUT2D eigenvalue weighted by Crippen LogP contribution is 2.43. The second-order valence-corrected chi connectivity index (χ2v) is 10.4. The van der Waals surface area contributed by atoms with Gasteiger partial charge in [0, 0.05) is 44.0 Å². The average molecular weight is 535 g/mol. The van der Waals surface area contributed by atoms with Crippen molar-refractivity contribution in [3.63, 3.8) is 0 Å². The molecule has 0 aliphatic rings. The first kappa shape index (κ1) is 23.8. The number of aromatic nitrogens is 2. The molecule has 0 spiro atoms. The van der Waals surface area contributed by atoms with Crippen LogP contribution in [0.5, 0.6) is 0 Å². The first-order valence-electron chi connectivity index (χ1n) is 13.8. The highest BCUT2D eigenvalue weighted by Gasteiger charge is 2.23. The molecule has 2 aromatic heterocycles. The summed E-state index contributed by atoms with van der Waals surface area (Å²) in [5.74, 6) is 0. The summed E-state index contributed by atoms with van der Waals surface area (Å²) in [5, 5.41) is 25.0. The van der Waals surface area contributed by atoms with Gasteiger partial charge in [-0.25, -0.2) is 0 Å². The molecule has 0 saturated heterocycles. The molecule has 8 rings (SSSR count). The van der Waals surface area contributed by atoms with E-state index in [0.29, 0.717) is 16.7 Å². The molecule has 42 heavy (non-hydrogen) atoms. The van der Waals surface area contributed by atoms with Crippen LogP contribution in [-0.4, -0.2) is 9.13 Å². The van der Waals surface area contributed by atoms with Crippen molar-refractivity contribution in [2.24, 2.45) is 0 Å². The minimum absolute atomic E-state index is 0.472. The molecule has 4 nitrogen and oxygen atoms in total. The minimum atomic E-state index is 0.472. The predicted molar refractivity (Wildman–Crippen MR) is 170 cm³/mol. The summed E-state index contributed by atoms with van der Waals surface area (Å²) in [6, 6.07) is 50.1. The Balaban J connectivity index is 1.62. The fourth-order valence-corrected chi connectivity index (χ4v) is 6.48. The van der Waals surface area contributed by atoms with Gasteiger partial charge in [-0.15, -0.1) is 0 Å². The minimum Gasteiger partial charge on any atom is -0.309 e. The van der Waals surface area contributed by atoms with Crippen LogP contribution in [-0.2, 0) is 0 Å². The fourth-order valence-electron chi connectivity index (χ4n) is 6.48. The number of nitriles is 2. The average Bonchev–Trinajstić information content (AvgIpc) is 3.57. The Labute approximate surface area is 242 Å². The third-order valence-electron chi connectivity index (χ3n) is 8.18. The molecule has 0 saturated carbocycles. The van der Waals surface area contributed by atoms with Crippen LogP contribution in [0.3, 0.4) is 0 Å². The van der Waals surface area contributed by atoms with E-state index in [9.17, 15) is 10.5 Å². The lowest BCUT2D eigenvalue weighted by Crippen LogP contribution is -2.00. The number of para-hydroxylation sites is 4. The molecule has 2 heterocycles. The van der Waals surface area contributed by atoms with Gasteiger partial charge < -0.3 is 9.13 Å². The van der Waals surface area contributed by atoms with E-state index in [1.54, 1.807) is 18.2 Å². The second-order valence-electron chi connectivity index (χ2n) is 10.4. The van der Waals surface area contributed by atoms with E-state index in [0.717, 1.165) is 49.8 Å². The molecule has 194 valence electrons. The van der Waals surface area contributed by atoms with Crippen LogP contribution in [0.4, 0.5) is 0 Å². The van der Waals surface area contributed by atoms with Gasteiger partial charge in [0.25, 0.3) is 0 Å². The molecule has 4 heteroatoms. The van der Waals surface area contributed by atoms with Crippen molar-refractivity contribution < 1.29 is 0 Å². The predicted octanol–water partition coefficient (Wildman–Crippen LogP) is 9.29. The molecule has 0 bridgehead atoms. The molecular formula is C38H22N4. The van der Waals surface area contributed by atoms with Gasteiger partial charge in [-0.05, 0) is 54.6 Å². The molecule has 8 aromatic rings. The summed E-state index contributed by atoms with van der Waals surface area (Å²) in [6.45, 7) is 0. The summed E-state index contributed by atoms with van der Waals surface area (Å²) in [6.07, 6.45) is 0. The number of hydrogen-bond donors (Lipinski definition) is 0. The Kier molecular flexibility index (Phi) is 5.22. The Morgan fingerprint density at radius 3 is 1.50 bits per heavy atom. The molecule has 0 N–H and O–H groups in total. The summed E-state index contributed by atoms with van der Waals surface area (Å²) in [4.78, 5) is 0. The van der Waals surface area contributed by atoms with Gasteiger partial charge in [-0.2, -0.15) is 10.5 Å². The summed E-state index contributed by atoms with van der Waals surface area (Å²) >= 11 is 0. The summed E-state index contributed by atoms with van der Waals surface area (Å²) in [5.41, 5.74) is 8.66. The highest BCUT2D eigenvalue weighted by molar-refractivity contribution is 6.16. The van der Waals surface area contributed by atoms with E-state index in [1.165, 1.54) is 10.8 Å². The molecule has 0 atom stereocenters. The molecule has 6 aromatic carbocycles. The SMILES string of the molecule is N#Cc1cccc(C#N)c1-c1cc(-n2c3ccccc3c3ccccc32)cc2c3ccccc3n(-c3ccccc3)c12. The Bertz CT molecular complexity index is 2340. The number of fused-ring (bicyclic) bond motifs is 6. The number of benzene rings is 6. The zero-order valence-corrected chi connectivity index (χ0v) is 22.5. The first-order chi connectivity index (χ1) is 20.8. The molecular weight excluding hydrogens is 512 g/mol. The van der Waals surface area contributed by atoms with E-state index < -0.39 is 0 Å². The van der Waals surface area contributed by atoms with Gasteiger partial charge in [-0.1, -0.05) is 78.9 Å². The first-order valence-corrected chi connectivity index (χ1v) is 13.8. The van der Waals surface area contributed by atoms with Crippen LogP contribution in [0.2, 0.25) is 0 Å². The Hall–Kier alpha value is -6.10. The van der Waals surface area contributed by atoms with E-state index >= 15 is 0 Å². The Morgan fingerprint density at radius 2 is 0.929 bits per heavy atom. The Morgan fingerprint density at radius 1 is 0.429 bits per heavy atom. The van der Waals surface area contributed by atoms with Gasteiger partial charge in [0.15, 0.2) is 0 Å². The molecule has 0 amide bonds. The van der Waals surface area contributed by atoms with Crippen LogP contribution in [0, 0.1) is 22.7 Å². The number of hydrogen-bond acceptors (Lipinski definition) is 2. The van der Waals surface area contributed by atoms with E-state index in [1.807, 2.05) is 18.2 Å². The van der Waals surface area contributed by atoms with Gasteiger partial charge in [-0.3, -0.25) is 0 Å². The zero-order chi connectivity index (χ0) is 28.2. The van der Waals surface area contributed by atoms with Crippen molar-refractivity contribution in [3.05, 3.63) is 145 Å². The van der Waals surface area contributed by atoms with Crippen molar-refractivity contribution in [2.75, 3.05) is 0 Å². The maximum absolute atomic E-state index is 10.3. The summed E-state index contributed by atoms with van der Waals surface area (Å²) in [7, 11) is 0. The van der Waals surface area contributed by atoms with Crippen molar-refractivity contribution in [2.45, 2.75) is 0 Å². The molecule has 0 fully saturated rings. The van der Waals surface area contributed by atoms with Crippen LogP contribution in [0.1, 0.15) is 11.1 Å². The monoisotopic (exact) mass is 534 g/mol. The van der Waals surface area contributed by atoms with Crippen molar-refractivity contribution in [1.82, 2.24) is 9.13 Å². The molecule has 0 aliphatic carbocycles. The zero-order valence-electron chi connectivity index (χ0n) is 22.5. The smallest absolute Gasteiger partial charge is 0.0998 e. The third-order valence-corrected chi connectivity index (χ3v) is 8.18. The van der Waals surface area contributed by atoms with Crippen LogP contribution in [0.15, 0.2) is 133 Å². The molecule has 0 aliphatic heterocycles. The maximum Gasteiger partial charge on any atom is 0.0998 e. The van der Waals surface area contributed by atoms with E-state index in [2.05, 4.69) is 118 Å². The van der Waals surface area contributed by atoms with Gasteiger partial charge in [0.05, 0.1) is 45.3 Å².